The van der Waals surface area contributed by atoms with Crippen LogP contribution >= 0.6 is 0 Å². The van der Waals surface area contributed by atoms with Gasteiger partial charge in [-0.3, -0.25) is 4.21 Å². The Labute approximate surface area is 104 Å². The minimum Gasteiger partial charge on any atom is -0.337 e. The van der Waals surface area contributed by atoms with Crippen LogP contribution in [0.4, 0.5) is 4.79 Å². The predicted molar refractivity (Wildman–Crippen MR) is 70.2 cm³/mol. The number of amides is 2. The van der Waals surface area contributed by atoms with Gasteiger partial charge in [-0.2, -0.15) is 0 Å². The molecule has 0 radical (unpaired) electrons. The SMILES string of the molecule is CC(CNC(=O)NCc1ccccc1)S(C)=O. The van der Waals surface area contributed by atoms with E-state index in [1.165, 1.54) is 0 Å². The molecule has 94 valence electrons. The van der Waals surface area contributed by atoms with Crippen LogP contribution in [-0.2, 0) is 17.3 Å². The fourth-order valence-corrected chi connectivity index (χ4v) is 1.51. The lowest BCUT2D eigenvalue weighted by atomic mass is 10.2. The molecule has 17 heavy (non-hydrogen) atoms. The fourth-order valence-electron chi connectivity index (χ4n) is 1.19. The molecule has 4 nitrogen and oxygen atoms in total. The summed E-state index contributed by atoms with van der Waals surface area (Å²) < 4.78 is 11.1. The Balaban J connectivity index is 2.24. The van der Waals surface area contributed by atoms with Crippen LogP contribution in [-0.4, -0.2) is 28.3 Å². The maximum atomic E-state index is 11.4. The number of benzene rings is 1. The van der Waals surface area contributed by atoms with Crippen molar-refractivity contribution < 1.29 is 9.00 Å². The Bertz CT molecular complexity index is 381. The molecular formula is C12H18N2O2S. The monoisotopic (exact) mass is 254 g/mol. The Morgan fingerprint density at radius 3 is 2.53 bits per heavy atom. The second-order valence-electron chi connectivity index (χ2n) is 3.86. The van der Waals surface area contributed by atoms with E-state index in [1.807, 2.05) is 37.3 Å². The lowest BCUT2D eigenvalue weighted by Crippen LogP contribution is -2.39. The van der Waals surface area contributed by atoms with E-state index in [4.69, 9.17) is 0 Å². The van der Waals surface area contributed by atoms with E-state index in [1.54, 1.807) is 6.26 Å². The first-order valence-electron chi connectivity index (χ1n) is 5.47. The summed E-state index contributed by atoms with van der Waals surface area (Å²) in [6, 6.07) is 9.45. The molecule has 1 aromatic rings. The zero-order valence-electron chi connectivity index (χ0n) is 10.1. The van der Waals surface area contributed by atoms with E-state index >= 15 is 0 Å². The zero-order valence-corrected chi connectivity index (χ0v) is 10.9. The largest absolute Gasteiger partial charge is 0.337 e. The van der Waals surface area contributed by atoms with Crippen molar-refractivity contribution in [1.29, 1.82) is 0 Å². The molecule has 0 aromatic heterocycles. The molecule has 5 heteroatoms. The van der Waals surface area contributed by atoms with E-state index in [0.29, 0.717) is 13.1 Å². The average molecular weight is 254 g/mol. The van der Waals surface area contributed by atoms with Crippen molar-refractivity contribution >= 4 is 16.8 Å². The molecule has 2 amide bonds. The highest BCUT2D eigenvalue weighted by molar-refractivity contribution is 7.84. The van der Waals surface area contributed by atoms with E-state index in [-0.39, 0.29) is 11.3 Å². The van der Waals surface area contributed by atoms with E-state index in [0.717, 1.165) is 5.56 Å². The molecule has 0 saturated heterocycles. The minimum absolute atomic E-state index is 0.0301. The summed E-state index contributed by atoms with van der Waals surface area (Å²) in [5.74, 6) is 0. The van der Waals surface area contributed by atoms with Gasteiger partial charge in [-0.05, 0) is 12.5 Å². The first-order chi connectivity index (χ1) is 8.09. The average Bonchev–Trinajstić information content (AvgIpc) is 2.34. The fraction of sp³-hybridized carbons (Fsp3) is 0.417. The normalized spacial score (nSPS) is 13.8. The molecule has 2 unspecified atom stereocenters. The third kappa shape index (κ3) is 5.49. The third-order valence-corrected chi connectivity index (χ3v) is 3.71. The van der Waals surface area contributed by atoms with Crippen molar-refractivity contribution in [3.05, 3.63) is 35.9 Å². The van der Waals surface area contributed by atoms with Crippen molar-refractivity contribution in [3.63, 3.8) is 0 Å². The van der Waals surface area contributed by atoms with Crippen LogP contribution in [0.5, 0.6) is 0 Å². The smallest absolute Gasteiger partial charge is 0.315 e. The van der Waals surface area contributed by atoms with E-state index in [9.17, 15) is 9.00 Å². The van der Waals surface area contributed by atoms with Crippen LogP contribution in [0, 0.1) is 0 Å². The minimum atomic E-state index is -0.909. The summed E-state index contributed by atoms with van der Waals surface area (Å²) in [7, 11) is -0.909. The molecule has 2 N–H and O–H groups in total. The molecule has 0 heterocycles. The summed E-state index contributed by atoms with van der Waals surface area (Å²) in [6.07, 6.45) is 1.63. The van der Waals surface area contributed by atoms with Crippen molar-refractivity contribution in [2.75, 3.05) is 12.8 Å². The zero-order chi connectivity index (χ0) is 12.7. The molecule has 2 atom stereocenters. The summed E-state index contributed by atoms with van der Waals surface area (Å²) >= 11 is 0. The predicted octanol–water partition coefficient (Wildman–Crippen LogP) is 1.25. The second kappa shape index (κ2) is 7.06. The van der Waals surface area contributed by atoms with Crippen molar-refractivity contribution in [3.8, 4) is 0 Å². The van der Waals surface area contributed by atoms with Gasteiger partial charge < -0.3 is 10.6 Å². The molecule has 0 aliphatic heterocycles. The Hall–Kier alpha value is -1.36. The molecule has 1 rings (SSSR count). The highest BCUT2D eigenvalue weighted by Crippen LogP contribution is 1.96. The number of rotatable bonds is 5. The van der Waals surface area contributed by atoms with Crippen molar-refractivity contribution in [2.45, 2.75) is 18.7 Å². The number of urea groups is 1. The van der Waals surface area contributed by atoms with E-state index in [2.05, 4.69) is 10.6 Å². The molecule has 0 saturated carbocycles. The van der Waals surface area contributed by atoms with Gasteiger partial charge in [0.2, 0.25) is 0 Å². The van der Waals surface area contributed by atoms with Gasteiger partial charge in [0, 0.05) is 35.4 Å². The lowest BCUT2D eigenvalue weighted by Gasteiger charge is -2.11. The van der Waals surface area contributed by atoms with Crippen LogP contribution in [0.15, 0.2) is 30.3 Å². The number of carbonyl (C=O) groups excluding carboxylic acids is 1. The molecule has 0 fully saturated rings. The quantitative estimate of drug-likeness (QED) is 0.831. The molecule has 0 aliphatic carbocycles. The second-order valence-corrected chi connectivity index (χ2v) is 5.66. The van der Waals surface area contributed by atoms with Gasteiger partial charge in [0.05, 0.1) is 0 Å². The summed E-state index contributed by atoms with van der Waals surface area (Å²) in [4.78, 5) is 11.4. The highest BCUT2D eigenvalue weighted by Gasteiger charge is 2.07. The third-order valence-electron chi connectivity index (χ3n) is 2.41. The van der Waals surface area contributed by atoms with Gasteiger partial charge in [0.15, 0.2) is 0 Å². The van der Waals surface area contributed by atoms with Crippen molar-refractivity contribution in [1.82, 2.24) is 10.6 Å². The van der Waals surface area contributed by atoms with Crippen LogP contribution in [0.1, 0.15) is 12.5 Å². The maximum absolute atomic E-state index is 11.4. The number of hydrogen-bond donors (Lipinski definition) is 2. The Kier molecular flexibility index (Phi) is 5.69. The van der Waals surface area contributed by atoms with Gasteiger partial charge in [-0.25, -0.2) is 4.79 Å². The van der Waals surface area contributed by atoms with Crippen LogP contribution < -0.4 is 10.6 Å². The Morgan fingerprint density at radius 1 is 1.29 bits per heavy atom. The van der Waals surface area contributed by atoms with Crippen molar-refractivity contribution in [2.24, 2.45) is 0 Å². The topological polar surface area (TPSA) is 58.2 Å². The van der Waals surface area contributed by atoms with Crippen LogP contribution in [0.2, 0.25) is 0 Å². The molecule has 0 bridgehead atoms. The highest BCUT2D eigenvalue weighted by atomic mass is 32.2. The molecular weight excluding hydrogens is 236 g/mol. The maximum Gasteiger partial charge on any atom is 0.315 e. The summed E-state index contributed by atoms with van der Waals surface area (Å²) in [6.45, 7) is 2.76. The van der Waals surface area contributed by atoms with Crippen LogP contribution in [0.3, 0.4) is 0 Å². The van der Waals surface area contributed by atoms with Gasteiger partial charge in [-0.1, -0.05) is 30.3 Å². The standard InChI is InChI=1S/C12H18N2O2S/c1-10(17(2)16)8-13-12(15)14-9-11-6-4-3-5-7-11/h3-7,10H,8-9H2,1-2H3,(H2,13,14,15). The lowest BCUT2D eigenvalue weighted by molar-refractivity contribution is 0.240. The van der Waals surface area contributed by atoms with Gasteiger partial charge >= 0.3 is 6.03 Å². The molecule has 0 aliphatic rings. The molecule has 1 aromatic carbocycles. The summed E-state index contributed by atoms with van der Waals surface area (Å²) in [5, 5.41) is 5.41. The molecule has 0 spiro atoms. The first kappa shape index (κ1) is 13.7. The van der Waals surface area contributed by atoms with Crippen LogP contribution in [0.25, 0.3) is 0 Å². The van der Waals surface area contributed by atoms with Gasteiger partial charge in [0.1, 0.15) is 0 Å². The first-order valence-corrected chi connectivity index (χ1v) is 7.09. The number of carbonyl (C=O) groups is 1. The van der Waals surface area contributed by atoms with Gasteiger partial charge in [0.25, 0.3) is 0 Å². The number of nitrogens with one attached hydrogen (secondary N) is 2. The number of hydrogen-bond acceptors (Lipinski definition) is 2. The Morgan fingerprint density at radius 2 is 1.94 bits per heavy atom. The van der Waals surface area contributed by atoms with E-state index < -0.39 is 10.8 Å². The summed E-state index contributed by atoms with van der Waals surface area (Å²) in [5.41, 5.74) is 1.05. The van der Waals surface area contributed by atoms with Gasteiger partial charge in [-0.15, -0.1) is 0 Å².